The van der Waals surface area contributed by atoms with Crippen LogP contribution in [0.2, 0.25) is 0 Å². The summed E-state index contributed by atoms with van der Waals surface area (Å²) in [4.78, 5) is 41.9. The number of hydrogen-bond acceptors (Lipinski definition) is 5. The third-order valence-corrected chi connectivity index (χ3v) is 14.3. The molecule has 0 N–H and O–H groups in total. The second-order valence-corrected chi connectivity index (χ2v) is 17.7. The zero-order valence-electron chi connectivity index (χ0n) is 33.9. The van der Waals surface area contributed by atoms with Gasteiger partial charge in [0.25, 0.3) is 0 Å². The van der Waals surface area contributed by atoms with Crippen molar-refractivity contribution in [1.82, 2.24) is 9.80 Å². The Morgan fingerprint density at radius 3 is 2.44 bits per heavy atom. The number of benzene rings is 2. The lowest BCUT2D eigenvalue weighted by Crippen LogP contribution is -2.47. The van der Waals surface area contributed by atoms with E-state index in [1.165, 1.54) is 55.9 Å². The normalized spacial score (nSPS) is 26.1. The first-order valence-electron chi connectivity index (χ1n) is 21.1. The Bertz CT molecular complexity index is 1990. The molecule has 0 bridgehead atoms. The summed E-state index contributed by atoms with van der Waals surface area (Å²) in [5, 5.41) is 0. The van der Waals surface area contributed by atoms with Gasteiger partial charge in [0.2, 0.25) is 11.8 Å². The predicted molar refractivity (Wildman–Crippen MR) is 219 cm³/mol. The number of rotatable bonds is 9. The molecule has 0 spiro atoms. The number of amides is 2. The fraction of sp³-hybridized carbons (Fsp3) is 0.574. The van der Waals surface area contributed by atoms with Crippen LogP contribution in [0.25, 0.3) is 22.3 Å². The predicted octanol–water partition coefficient (Wildman–Crippen LogP) is 9.91. The van der Waals surface area contributed by atoms with Crippen molar-refractivity contribution in [2.24, 2.45) is 39.6 Å². The number of fused-ring (bicyclic) bond motifs is 5. The van der Waals surface area contributed by atoms with Crippen LogP contribution in [0.1, 0.15) is 129 Å². The second kappa shape index (κ2) is 14.6. The van der Waals surface area contributed by atoms with E-state index < -0.39 is 0 Å². The molecule has 5 aliphatic heterocycles. The maximum absolute atomic E-state index is 13.7. The van der Waals surface area contributed by atoms with Gasteiger partial charge in [-0.25, -0.2) is 0 Å². The van der Waals surface area contributed by atoms with Gasteiger partial charge in [-0.2, -0.15) is 0 Å². The van der Waals surface area contributed by atoms with Gasteiger partial charge in [0.05, 0.1) is 12.1 Å². The quantitative estimate of drug-likeness (QED) is 0.258. The Hall–Kier alpha value is -4.00. The summed E-state index contributed by atoms with van der Waals surface area (Å²) in [6, 6.07) is 11.9. The average Bonchev–Trinajstić information content (AvgIpc) is 4.00. The molecule has 8 rings (SSSR count). The summed E-state index contributed by atoms with van der Waals surface area (Å²) in [5.74, 6) is 2.78. The van der Waals surface area contributed by atoms with Gasteiger partial charge in [-0.15, -0.1) is 0 Å². The van der Waals surface area contributed by atoms with Crippen LogP contribution in [0, 0.1) is 29.6 Å². The van der Waals surface area contributed by atoms with Crippen LogP contribution in [-0.4, -0.2) is 57.7 Å². The highest BCUT2D eigenvalue weighted by Gasteiger charge is 2.43. The summed E-state index contributed by atoms with van der Waals surface area (Å²) in [7, 11) is 0. The molecule has 2 saturated heterocycles. The minimum absolute atomic E-state index is 0.0124. The number of aryl methyl sites for hydroxylation is 1. The molecule has 7 atom stereocenters. The van der Waals surface area contributed by atoms with E-state index in [4.69, 9.17) is 14.7 Å². The number of nitrogens with zero attached hydrogens (tertiary/aromatic N) is 4. The van der Waals surface area contributed by atoms with E-state index in [0.717, 1.165) is 75.8 Å². The lowest BCUT2D eigenvalue weighted by Gasteiger charge is -2.32. The van der Waals surface area contributed by atoms with Crippen molar-refractivity contribution in [3.05, 3.63) is 64.5 Å². The standard InChI is InChI=1S/C47H60N4O3/c1-9-27(5)30(8)46(52)50-24-31(10-2)17-44(50)41-20-34(23-48-41)32-12-14-36-35(18-32)25-54-45-22-37-33(19-39(36)45)13-15-40-38(37)21-42(49-40)43-16-11-28(6)51(43)47(53)29(7)26(3)4/h12,14,18-19,22-23,26-31,43-44H,9-11,13,15-17,20-21,24-25H2,1-8H3/t27-,28-,29-,30-,31-,43-,44-/m0/s1. The topological polar surface area (TPSA) is 74.6 Å². The minimum Gasteiger partial charge on any atom is -0.488 e. The first kappa shape index (κ1) is 36.9. The van der Waals surface area contributed by atoms with Crippen LogP contribution in [0.3, 0.4) is 0 Å². The van der Waals surface area contributed by atoms with E-state index >= 15 is 0 Å². The van der Waals surface area contributed by atoms with Crippen molar-refractivity contribution in [2.45, 2.75) is 138 Å². The van der Waals surface area contributed by atoms with Crippen molar-refractivity contribution >= 4 is 34.4 Å². The summed E-state index contributed by atoms with van der Waals surface area (Å²) < 4.78 is 6.53. The summed E-state index contributed by atoms with van der Waals surface area (Å²) in [6.07, 6.45) is 10.7. The van der Waals surface area contributed by atoms with Crippen LogP contribution in [0.4, 0.5) is 0 Å². The molecular weight excluding hydrogens is 669 g/mol. The number of carbonyl (C=O) groups is 2. The fourth-order valence-corrected chi connectivity index (χ4v) is 9.91. The largest absolute Gasteiger partial charge is 0.488 e. The fourth-order valence-electron chi connectivity index (χ4n) is 9.91. The summed E-state index contributed by atoms with van der Waals surface area (Å²) in [6.45, 7) is 18.7. The van der Waals surface area contributed by atoms with Gasteiger partial charge in [-0.05, 0) is 114 Å². The number of ether oxygens (including phenoxy) is 1. The van der Waals surface area contributed by atoms with E-state index in [1.54, 1.807) is 0 Å². The summed E-state index contributed by atoms with van der Waals surface area (Å²) >= 11 is 0. The van der Waals surface area contributed by atoms with E-state index in [9.17, 15) is 9.59 Å². The maximum Gasteiger partial charge on any atom is 0.226 e. The molecule has 5 heterocycles. The molecule has 0 aromatic heterocycles. The lowest BCUT2D eigenvalue weighted by molar-refractivity contribution is -0.138. The van der Waals surface area contributed by atoms with Crippen LogP contribution >= 0.6 is 0 Å². The Morgan fingerprint density at radius 1 is 0.870 bits per heavy atom. The van der Waals surface area contributed by atoms with Gasteiger partial charge in [0, 0.05) is 66.1 Å². The minimum atomic E-state index is 0.0124. The second-order valence-electron chi connectivity index (χ2n) is 17.7. The first-order chi connectivity index (χ1) is 26.0. The highest BCUT2D eigenvalue weighted by Crippen LogP contribution is 2.47. The number of allylic oxidation sites excluding steroid dienone is 3. The van der Waals surface area contributed by atoms with Gasteiger partial charge in [-0.3, -0.25) is 19.6 Å². The Balaban J connectivity index is 0.977. The van der Waals surface area contributed by atoms with E-state index in [0.29, 0.717) is 30.3 Å². The first-order valence-corrected chi connectivity index (χ1v) is 21.1. The van der Waals surface area contributed by atoms with E-state index in [2.05, 4.69) is 95.5 Å². The number of hydrogen-bond donors (Lipinski definition) is 0. The van der Waals surface area contributed by atoms with Crippen molar-refractivity contribution in [3.63, 3.8) is 0 Å². The number of likely N-dealkylation sites (tertiary alicyclic amines) is 2. The molecule has 54 heavy (non-hydrogen) atoms. The molecule has 2 aromatic carbocycles. The molecular formula is C47H60N4O3. The molecule has 6 aliphatic rings. The van der Waals surface area contributed by atoms with Gasteiger partial charge >= 0.3 is 0 Å². The number of carbonyl (C=O) groups excluding carboxylic acids is 2. The third-order valence-electron chi connectivity index (χ3n) is 14.3. The molecule has 2 fully saturated rings. The molecule has 286 valence electrons. The molecule has 0 unspecified atom stereocenters. The van der Waals surface area contributed by atoms with Crippen molar-refractivity contribution in [1.29, 1.82) is 0 Å². The summed E-state index contributed by atoms with van der Waals surface area (Å²) in [5.41, 5.74) is 13.5. The van der Waals surface area contributed by atoms with Gasteiger partial charge < -0.3 is 14.5 Å². The SMILES string of the molecule is CC[C@H]1C[C@@H](C2=NC=C(c3ccc4c(c3)COc3cc5c(cc3-4)CCC3=C5CC([C@@H]4CC[C@H](C)N4C(=O)[C@@H](C)C(C)C)=N3)C2)N(C(=O)[C@@H](C)[C@@H](C)CC)C1. The molecule has 1 aliphatic carbocycles. The highest BCUT2D eigenvalue weighted by molar-refractivity contribution is 6.06. The molecule has 2 amide bonds. The molecule has 0 saturated carbocycles. The number of aliphatic imine (C=N–C) groups is 2. The molecule has 2 aromatic rings. The van der Waals surface area contributed by atoms with Crippen LogP contribution in [0.15, 0.2) is 52.2 Å². The van der Waals surface area contributed by atoms with Crippen molar-refractivity contribution in [3.8, 4) is 16.9 Å². The zero-order valence-corrected chi connectivity index (χ0v) is 33.9. The van der Waals surface area contributed by atoms with Gasteiger partial charge in [0.15, 0.2) is 0 Å². The van der Waals surface area contributed by atoms with E-state index in [-0.39, 0.29) is 35.9 Å². The molecule has 7 heteroatoms. The lowest BCUT2D eigenvalue weighted by atomic mass is 9.83. The Morgan fingerprint density at radius 2 is 1.69 bits per heavy atom. The van der Waals surface area contributed by atoms with Crippen LogP contribution in [0.5, 0.6) is 5.75 Å². The zero-order chi connectivity index (χ0) is 38.0. The Labute approximate surface area is 323 Å². The third kappa shape index (κ3) is 6.37. The van der Waals surface area contributed by atoms with E-state index in [1.807, 2.05) is 6.20 Å². The maximum atomic E-state index is 13.7. The van der Waals surface area contributed by atoms with Crippen LogP contribution in [-0.2, 0) is 22.6 Å². The average molecular weight is 729 g/mol. The monoisotopic (exact) mass is 728 g/mol. The highest BCUT2D eigenvalue weighted by atomic mass is 16.5. The van der Waals surface area contributed by atoms with Crippen molar-refractivity contribution in [2.75, 3.05) is 6.54 Å². The molecule has 7 nitrogen and oxygen atoms in total. The smallest absolute Gasteiger partial charge is 0.226 e. The van der Waals surface area contributed by atoms with Gasteiger partial charge in [-0.1, -0.05) is 73.4 Å². The Kier molecular flexibility index (Phi) is 9.98. The van der Waals surface area contributed by atoms with Gasteiger partial charge in [0.1, 0.15) is 12.4 Å². The van der Waals surface area contributed by atoms with Crippen molar-refractivity contribution < 1.29 is 14.3 Å². The molecule has 0 radical (unpaired) electrons. The van der Waals surface area contributed by atoms with Crippen LogP contribution < -0.4 is 4.74 Å².